The van der Waals surface area contributed by atoms with Crippen LogP contribution in [-0.4, -0.2) is 5.91 Å². The number of fused-ring (bicyclic) bond motifs is 1. The van der Waals surface area contributed by atoms with Crippen LogP contribution in [0.2, 0.25) is 0 Å². The first-order valence-electron chi connectivity index (χ1n) is 7.81. The van der Waals surface area contributed by atoms with E-state index in [9.17, 15) is 4.79 Å². The van der Waals surface area contributed by atoms with Crippen LogP contribution >= 0.6 is 12.4 Å². The zero-order valence-electron chi connectivity index (χ0n) is 13.6. The van der Waals surface area contributed by atoms with Gasteiger partial charge in [0.15, 0.2) is 0 Å². The number of hydrogen-bond donors (Lipinski definition) is 2. The molecule has 2 aromatic carbocycles. The lowest BCUT2D eigenvalue weighted by Gasteiger charge is -2.27. The van der Waals surface area contributed by atoms with Gasteiger partial charge in [-0.3, -0.25) is 4.79 Å². The number of nitrogens with two attached hydrogens (primary N) is 1. The van der Waals surface area contributed by atoms with Crippen LogP contribution in [0.3, 0.4) is 0 Å². The molecule has 23 heavy (non-hydrogen) atoms. The zero-order chi connectivity index (χ0) is 15.7. The lowest BCUT2D eigenvalue weighted by molar-refractivity contribution is 0.0932. The van der Waals surface area contributed by atoms with Gasteiger partial charge in [0, 0.05) is 11.3 Å². The number of aryl methyl sites for hydroxylation is 3. The van der Waals surface area contributed by atoms with Crippen LogP contribution in [0.15, 0.2) is 36.4 Å². The van der Waals surface area contributed by atoms with Gasteiger partial charge in [0.25, 0.3) is 5.91 Å². The maximum atomic E-state index is 12.6. The highest BCUT2D eigenvalue weighted by atomic mass is 35.5. The summed E-state index contributed by atoms with van der Waals surface area (Å²) in [5.41, 5.74) is 12.1. The Balaban J connectivity index is 0.00000192. The molecule has 3 N–H and O–H groups in total. The predicted octanol–water partition coefficient (Wildman–Crippen LogP) is 4.11. The van der Waals surface area contributed by atoms with E-state index in [-0.39, 0.29) is 24.4 Å². The molecule has 1 atom stereocenters. The second-order valence-electron chi connectivity index (χ2n) is 6.19. The van der Waals surface area contributed by atoms with Gasteiger partial charge in [-0.1, -0.05) is 23.8 Å². The van der Waals surface area contributed by atoms with Crippen LogP contribution < -0.4 is 11.1 Å². The highest BCUT2D eigenvalue weighted by Crippen LogP contribution is 2.31. The van der Waals surface area contributed by atoms with E-state index >= 15 is 0 Å². The molecule has 3 nitrogen and oxygen atoms in total. The van der Waals surface area contributed by atoms with Gasteiger partial charge in [0.1, 0.15) is 0 Å². The standard InChI is InChI=1S/C19H22N2O.ClH/c1-12-6-8-16(13(2)10-12)19(22)21-18-5-3-4-14-11-15(20)7-9-17(14)18;/h6-11,18H,3-5,20H2,1-2H3,(H,21,22);1H. The minimum absolute atomic E-state index is 0. The first-order valence-corrected chi connectivity index (χ1v) is 7.81. The van der Waals surface area contributed by atoms with Gasteiger partial charge < -0.3 is 11.1 Å². The monoisotopic (exact) mass is 330 g/mol. The van der Waals surface area contributed by atoms with Crippen LogP contribution in [0, 0.1) is 13.8 Å². The number of benzene rings is 2. The van der Waals surface area contributed by atoms with Crippen molar-refractivity contribution in [3.63, 3.8) is 0 Å². The quantitative estimate of drug-likeness (QED) is 0.814. The Morgan fingerprint density at radius 2 is 1.96 bits per heavy atom. The van der Waals surface area contributed by atoms with Gasteiger partial charge in [-0.25, -0.2) is 0 Å². The summed E-state index contributed by atoms with van der Waals surface area (Å²) in [7, 11) is 0. The molecule has 3 rings (SSSR count). The summed E-state index contributed by atoms with van der Waals surface area (Å²) < 4.78 is 0. The predicted molar refractivity (Wildman–Crippen MR) is 97.2 cm³/mol. The van der Waals surface area contributed by atoms with E-state index in [2.05, 4.69) is 11.4 Å². The van der Waals surface area contributed by atoms with Crippen LogP contribution in [0.5, 0.6) is 0 Å². The minimum atomic E-state index is 0. The van der Waals surface area contributed by atoms with Crippen molar-refractivity contribution < 1.29 is 4.79 Å². The Morgan fingerprint density at radius 1 is 1.17 bits per heavy atom. The molecule has 1 aliphatic rings. The van der Waals surface area contributed by atoms with Gasteiger partial charge in [-0.2, -0.15) is 0 Å². The highest BCUT2D eigenvalue weighted by molar-refractivity contribution is 5.96. The molecule has 4 heteroatoms. The molecule has 2 aromatic rings. The molecule has 1 amide bonds. The fourth-order valence-corrected chi connectivity index (χ4v) is 3.29. The molecule has 0 aliphatic heterocycles. The van der Waals surface area contributed by atoms with Crippen molar-refractivity contribution in [2.75, 3.05) is 5.73 Å². The molecule has 122 valence electrons. The van der Waals surface area contributed by atoms with Crippen LogP contribution in [0.1, 0.15) is 51.5 Å². The average Bonchev–Trinajstić information content (AvgIpc) is 2.47. The topological polar surface area (TPSA) is 55.1 Å². The number of halogens is 1. The number of carbonyl (C=O) groups is 1. The van der Waals surface area contributed by atoms with Gasteiger partial charge in [-0.15, -0.1) is 12.4 Å². The molecule has 0 saturated carbocycles. The van der Waals surface area contributed by atoms with Gasteiger partial charge >= 0.3 is 0 Å². The van der Waals surface area contributed by atoms with Crippen molar-refractivity contribution in [1.82, 2.24) is 5.32 Å². The van der Waals surface area contributed by atoms with E-state index in [1.54, 1.807) is 0 Å². The number of nitrogen functional groups attached to an aromatic ring is 1. The summed E-state index contributed by atoms with van der Waals surface area (Å²) in [4.78, 5) is 12.6. The third-order valence-corrected chi connectivity index (χ3v) is 4.41. The van der Waals surface area contributed by atoms with Crippen LogP contribution in [0.4, 0.5) is 5.69 Å². The molecule has 0 spiro atoms. The number of amides is 1. The lowest BCUT2D eigenvalue weighted by atomic mass is 9.87. The maximum Gasteiger partial charge on any atom is 0.252 e. The largest absolute Gasteiger partial charge is 0.399 e. The van der Waals surface area contributed by atoms with Crippen LogP contribution in [0.25, 0.3) is 0 Å². The fourth-order valence-electron chi connectivity index (χ4n) is 3.29. The summed E-state index contributed by atoms with van der Waals surface area (Å²) in [6.45, 7) is 4.02. The summed E-state index contributed by atoms with van der Waals surface area (Å²) in [6.07, 6.45) is 3.10. The first kappa shape index (κ1) is 17.4. The average molecular weight is 331 g/mol. The molecule has 1 unspecified atom stereocenters. The Kier molecular flexibility index (Phi) is 5.32. The third kappa shape index (κ3) is 3.67. The number of nitrogens with one attached hydrogen (secondary N) is 1. The van der Waals surface area contributed by atoms with E-state index in [0.29, 0.717) is 0 Å². The van der Waals surface area contributed by atoms with Crippen molar-refractivity contribution in [3.05, 3.63) is 64.2 Å². The van der Waals surface area contributed by atoms with Gasteiger partial charge in [0.05, 0.1) is 6.04 Å². The summed E-state index contributed by atoms with van der Waals surface area (Å²) >= 11 is 0. The highest BCUT2D eigenvalue weighted by Gasteiger charge is 2.22. The summed E-state index contributed by atoms with van der Waals surface area (Å²) in [5.74, 6) is 0.00664. The van der Waals surface area contributed by atoms with E-state index in [1.165, 1.54) is 16.7 Å². The zero-order valence-corrected chi connectivity index (χ0v) is 14.4. The maximum absolute atomic E-state index is 12.6. The molecule has 0 heterocycles. The Labute approximate surface area is 143 Å². The SMILES string of the molecule is Cc1ccc(C(=O)NC2CCCc3cc(N)ccc32)c(C)c1.Cl. The van der Waals surface area contributed by atoms with E-state index in [4.69, 9.17) is 5.73 Å². The fraction of sp³-hybridized carbons (Fsp3) is 0.316. The van der Waals surface area contributed by atoms with Crippen LogP contribution in [-0.2, 0) is 6.42 Å². The van der Waals surface area contributed by atoms with E-state index in [1.807, 2.05) is 44.2 Å². The Bertz CT molecular complexity index is 727. The van der Waals surface area contributed by atoms with Crippen molar-refractivity contribution >= 4 is 24.0 Å². The molecule has 0 bridgehead atoms. The molecule has 0 aromatic heterocycles. The normalized spacial score (nSPS) is 16.2. The number of rotatable bonds is 2. The third-order valence-electron chi connectivity index (χ3n) is 4.41. The lowest BCUT2D eigenvalue weighted by Crippen LogP contribution is -2.31. The Hall–Kier alpha value is -2.00. The number of hydrogen-bond acceptors (Lipinski definition) is 2. The smallest absolute Gasteiger partial charge is 0.252 e. The van der Waals surface area contributed by atoms with Crippen molar-refractivity contribution in [1.29, 1.82) is 0 Å². The van der Waals surface area contributed by atoms with E-state index in [0.717, 1.165) is 36.1 Å². The van der Waals surface area contributed by atoms with Gasteiger partial charge in [-0.05, 0) is 68.0 Å². The summed E-state index contributed by atoms with van der Waals surface area (Å²) in [5, 5.41) is 3.19. The summed E-state index contributed by atoms with van der Waals surface area (Å²) in [6, 6.07) is 12.0. The first-order chi connectivity index (χ1) is 10.5. The van der Waals surface area contributed by atoms with Crippen molar-refractivity contribution in [2.24, 2.45) is 0 Å². The van der Waals surface area contributed by atoms with Crippen molar-refractivity contribution in [2.45, 2.75) is 39.2 Å². The molecular formula is C19H23ClN2O. The molecule has 1 aliphatic carbocycles. The number of carbonyl (C=O) groups excluding carboxylic acids is 1. The number of anilines is 1. The molecule has 0 saturated heterocycles. The Morgan fingerprint density at radius 3 is 2.70 bits per heavy atom. The molecule has 0 fully saturated rings. The van der Waals surface area contributed by atoms with Crippen molar-refractivity contribution in [3.8, 4) is 0 Å². The van der Waals surface area contributed by atoms with Gasteiger partial charge in [0.2, 0.25) is 0 Å². The molecular weight excluding hydrogens is 308 g/mol. The minimum Gasteiger partial charge on any atom is -0.399 e. The van der Waals surface area contributed by atoms with E-state index < -0.39 is 0 Å². The second-order valence-corrected chi connectivity index (χ2v) is 6.19. The molecule has 0 radical (unpaired) electrons. The second kappa shape index (κ2) is 7.05.